The van der Waals surface area contributed by atoms with Gasteiger partial charge in [-0.2, -0.15) is 0 Å². The number of rotatable bonds is 7. The van der Waals surface area contributed by atoms with Crippen molar-refractivity contribution in [2.24, 2.45) is 0 Å². The quantitative estimate of drug-likeness (QED) is 0.628. The zero-order chi connectivity index (χ0) is 15.9. The fourth-order valence-corrected chi connectivity index (χ4v) is 2.98. The maximum absolute atomic E-state index is 5.93. The number of hydrogen-bond donors (Lipinski definition) is 1. The van der Waals surface area contributed by atoms with Gasteiger partial charge in [-0.1, -0.05) is 36.3 Å². The van der Waals surface area contributed by atoms with E-state index in [0.717, 1.165) is 24.3 Å². The Balaban J connectivity index is 1.55. The monoisotopic (exact) mass is 307 g/mol. The van der Waals surface area contributed by atoms with E-state index in [1.165, 1.54) is 11.1 Å². The number of benzene rings is 2. The molecule has 0 heterocycles. The van der Waals surface area contributed by atoms with Crippen molar-refractivity contribution in [1.29, 1.82) is 0 Å². The smallest absolute Gasteiger partial charge is 0.123 e. The van der Waals surface area contributed by atoms with Crippen LogP contribution in [0.3, 0.4) is 0 Å². The highest BCUT2D eigenvalue weighted by atomic mass is 16.5. The van der Waals surface area contributed by atoms with Gasteiger partial charge in [-0.3, -0.25) is 5.32 Å². The van der Waals surface area contributed by atoms with Crippen molar-refractivity contribution in [2.45, 2.75) is 18.9 Å². The van der Waals surface area contributed by atoms with Gasteiger partial charge in [0.1, 0.15) is 24.7 Å². The van der Waals surface area contributed by atoms with E-state index in [1.807, 2.05) is 42.5 Å². The molecule has 1 aliphatic rings. The van der Waals surface area contributed by atoms with Gasteiger partial charge in [0.05, 0.1) is 6.54 Å². The van der Waals surface area contributed by atoms with Crippen LogP contribution in [0.1, 0.15) is 23.6 Å². The van der Waals surface area contributed by atoms with Gasteiger partial charge >= 0.3 is 0 Å². The highest BCUT2D eigenvalue weighted by Gasteiger charge is 2.24. The fourth-order valence-electron chi connectivity index (χ4n) is 2.98. The minimum Gasteiger partial charge on any atom is -0.490 e. The summed E-state index contributed by atoms with van der Waals surface area (Å²) < 4.78 is 11.6. The van der Waals surface area contributed by atoms with Crippen molar-refractivity contribution in [1.82, 2.24) is 5.32 Å². The normalized spacial score (nSPS) is 15.7. The largest absolute Gasteiger partial charge is 0.490 e. The summed E-state index contributed by atoms with van der Waals surface area (Å²) in [5, 5.41) is 3.39. The summed E-state index contributed by atoms with van der Waals surface area (Å²) in [5.74, 6) is 4.47. The van der Waals surface area contributed by atoms with Crippen LogP contribution < -0.4 is 14.8 Å². The van der Waals surface area contributed by atoms with Crippen LogP contribution >= 0.6 is 0 Å². The molecule has 0 spiro atoms. The van der Waals surface area contributed by atoms with Gasteiger partial charge in [0.25, 0.3) is 0 Å². The third kappa shape index (κ3) is 3.85. The molecule has 2 aromatic rings. The molecule has 3 rings (SSSR count). The first-order valence-corrected chi connectivity index (χ1v) is 7.98. The molecule has 0 aliphatic heterocycles. The summed E-state index contributed by atoms with van der Waals surface area (Å²) in [4.78, 5) is 0. The molecule has 23 heavy (non-hydrogen) atoms. The predicted molar refractivity (Wildman–Crippen MR) is 91.8 cm³/mol. The van der Waals surface area contributed by atoms with Crippen LogP contribution in [0.15, 0.2) is 48.5 Å². The standard InChI is InChI=1S/C20H21NO2/c1-2-13-21-19-12-11-18-17(19)9-6-10-20(18)23-15-14-22-16-7-4-3-5-8-16/h1,3-10,19,21H,11-15H2. The Morgan fingerprint density at radius 2 is 1.87 bits per heavy atom. The predicted octanol–water partition coefficient (Wildman–Crippen LogP) is 3.35. The third-order valence-electron chi connectivity index (χ3n) is 4.03. The molecular weight excluding hydrogens is 286 g/mol. The summed E-state index contributed by atoms with van der Waals surface area (Å²) >= 11 is 0. The van der Waals surface area contributed by atoms with Crippen molar-refractivity contribution < 1.29 is 9.47 Å². The van der Waals surface area contributed by atoms with Crippen LogP contribution in [0.25, 0.3) is 0 Å². The van der Waals surface area contributed by atoms with Crippen molar-refractivity contribution >= 4 is 0 Å². The van der Waals surface area contributed by atoms with Gasteiger partial charge in [-0.25, -0.2) is 0 Å². The lowest BCUT2D eigenvalue weighted by atomic mass is 10.1. The Morgan fingerprint density at radius 3 is 2.70 bits per heavy atom. The molecule has 1 aliphatic carbocycles. The molecule has 0 amide bonds. The Hall–Kier alpha value is -2.44. The Labute approximate surface area is 137 Å². The topological polar surface area (TPSA) is 30.5 Å². The minimum atomic E-state index is 0.338. The van der Waals surface area contributed by atoms with E-state index in [4.69, 9.17) is 15.9 Å². The second-order valence-corrected chi connectivity index (χ2v) is 5.51. The van der Waals surface area contributed by atoms with Crippen LogP contribution in [0.5, 0.6) is 11.5 Å². The van der Waals surface area contributed by atoms with Crippen molar-refractivity contribution in [2.75, 3.05) is 19.8 Å². The summed E-state index contributed by atoms with van der Waals surface area (Å²) in [7, 11) is 0. The summed E-state index contributed by atoms with van der Waals surface area (Å²) in [6, 6.07) is 16.4. The number of hydrogen-bond acceptors (Lipinski definition) is 3. The molecule has 118 valence electrons. The fraction of sp³-hybridized carbons (Fsp3) is 0.300. The first-order chi connectivity index (χ1) is 11.4. The lowest BCUT2D eigenvalue weighted by Crippen LogP contribution is -2.19. The first kappa shape index (κ1) is 15.5. The maximum Gasteiger partial charge on any atom is 0.123 e. The van der Waals surface area contributed by atoms with Crippen molar-refractivity contribution in [3.05, 3.63) is 59.7 Å². The van der Waals surface area contributed by atoms with Gasteiger partial charge in [-0.15, -0.1) is 6.42 Å². The van der Waals surface area contributed by atoms with Crippen LogP contribution in [0, 0.1) is 12.3 Å². The molecule has 3 heteroatoms. The van der Waals surface area contributed by atoms with E-state index in [0.29, 0.717) is 25.8 Å². The lowest BCUT2D eigenvalue weighted by Gasteiger charge is -2.14. The molecule has 0 fully saturated rings. The van der Waals surface area contributed by atoms with Crippen molar-refractivity contribution in [3.8, 4) is 23.8 Å². The summed E-state index contributed by atoms with van der Waals surface area (Å²) in [6.45, 7) is 1.67. The molecule has 0 aromatic heterocycles. The minimum absolute atomic E-state index is 0.338. The van der Waals surface area contributed by atoms with Gasteiger partial charge < -0.3 is 9.47 Å². The van der Waals surface area contributed by atoms with Crippen LogP contribution in [0.4, 0.5) is 0 Å². The molecular formula is C20H21NO2. The SMILES string of the molecule is C#CCNC1CCc2c(OCCOc3ccccc3)cccc21. The number of nitrogens with one attached hydrogen (secondary N) is 1. The van der Waals surface area contributed by atoms with E-state index < -0.39 is 0 Å². The average Bonchev–Trinajstić information content (AvgIpc) is 3.02. The highest BCUT2D eigenvalue weighted by molar-refractivity contribution is 5.45. The number of para-hydroxylation sites is 1. The summed E-state index contributed by atoms with van der Waals surface area (Å²) in [6.07, 6.45) is 7.42. The number of terminal acetylenes is 1. The van der Waals surface area contributed by atoms with E-state index >= 15 is 0 Å². The zero-order valence-electron chi connectivity index (χ0n) is 13.1. The van der Waals surface area contributed by atoms with Gasteiger partial charge in [0.2, 0.25) is 0 Å². The molecule has 0 saturated heterocycles. The van der Waals surface area contributed by atoms with Crippen LogP contribution in [-0.2, 0) is 6.42 Å². The third-order valence-corrected chi connectivity index (χ3v) is 4.03. The second kappa shape index (κ2) is 7.71. The van der Waals surface area contributed by atoms with Crippen LogP contribution in [0.2, 0.25) is 0 Å². The molecule has 1 N–H and O–H groups in total. The Morgan fingerprint density at radius 1 is 1.04 bits per heavy atom. The second-order valence-electron chi connectivity index (χ2n) is 5.51. The molecule has 2 aromatic carbocycles. The average molecular weight is 307 g/mol. The maximum atomic E-state index is 5.93. The molecule has 0 bridgehead atoms. The molecule has 0 saturated carbocycles. The molecule has 3 nitrogen and oxygen atoms in total. The van der Waals surface area contributed by atoms with Crippen LogP contribution in [-0.4, -0.2) is 19.8 Å². The van der Waals surface area contributed by atoms with E-state index in [2.05, 4.69) is 17.3 Å². The zero-order valence-corrected chi connectivity index (χ0v) is 13.1. The Bertz CT molecular complexity index is 676. The lowest BCUT2D eigenvalue weighted by molar-refractivity contribution is 0.216. The highest BCUT2D eigenvalue weighted by Crippen LogP contribution is 2.36. The van der Waals surface area contributed by atoms with Crippen molar-refractivity contribution in [3.63, 3.8) is 0 Å². The Kier molecular flexibility index (Phi) is 5.18. The van der Waals surface area contributed by atoms with Gasteiger partial charge in [-0.05, 0) is 42.2 Å². The van der Waals surface area contributed by atoms with Gasteiger partial charge in [0, 0.05) is 6.04 Å². The molecule has 1 atom stereocenters. The van der Waals surface area contributed by atoms with Gasteiger partial charge in [0.15, 0.2) is 0 Å². The van der Waals surface area contributed by atoms with E-state index in [-0.39, 0.29) is 0 Å². The number of ether oxygens (including phenoxy) is 2. The molecule has 0 radical (unpaired) electrons. The molecule has 1 unspecified atom stereocenters. The first-order valence-electron chi connectivity index (χ1n) is 7.98. The summed E-state index contributed by atoms with van der Waals surface area (Å²) in [5.41, 5.74) is 2.60. The van der Waals surface area contributed by atoms with E-state index in [1.54, 1.807) is 0 Å². The van der Waals surface area contributed by atoms with E-state index in [9.17, 15) is 0 Å². The number of fused-ring (bicyclic) bond motifs is 1.